The molecule has 0 radical (unpaired) electrons. The van der Waals surface area contributed by atoms with E-state index in [9.17, 15) is 4.79 Å². The molecule has 144 valence electrons. The molecule has 1 aliphatic rings. The smallest absolute Gasteiger partial charge is 0.227 e. The van der Waals surface area contributed by atoms with Crippen molar-refractivity contribution in [1.82, 2.24) is 9.80 Å². The number of benzene rings is 2. The zero-order chi connectivity index (χ0) is 18.9. The number of para-hydroxylation sites is 1. The first-order valence-electron chi connectivity index (χ1n) is 9.74. The number of carbonyl (C=O) groups is 1. The quantitative estimate of drug-likeness (QED) is 0.778. The van der Waals surface area contributed by atoms with Crippen molar-refractivity contribution in [2.45, 2.75) is 19.9 Å². The molecule has 0 bridgehead atoms. The van der Waals surface area contributed by atoms with E-state index in [2.05, 4.69) is 34.2 Å². The SMILES string of the molecule is CCN1CCN(Cc2ccc(NC(=O)CCOc3ccccc3)cc2)CC1. The van der Waals surface area contributed by atoms with Gasteiger partial charge in [-0.1, -0.05) is 37.3 Å². The van der Waals surface area contributed by atoms with Crippen LogP contribution in [0.2, 0.25) is 0 Å². The Morgan fingerprint density at radius 3 is 2.30 bits per heavy atom. The maximum Gasteiger partial charge on any atom is 0.227 e. The number of piperazine rings is 1. The second kappa shape index (κ2) is 10.1. The lowest BCUT2D eigenvalue weighted by Crippen LogP contribution is -2.45. The van der Waals surface area contributed by atoms with Gasteiger partial charge in [0.25, 0.3) is 0 Å². The molecule has 0 aromatic heterocycles. The predicted octanol–water partition coefficient (Wildman–Crippen LogP) is 3.23. The monoisotopic (exact) mass is 367 g/mol. The second-order valence-corrected chi connectivity index (χ2v) is 6.87. The van der Waals surface area contributed by atoms with Gasteiger partial charge in [-0.2, -0.15) is 0 Å². The summed E-state index contributed by atoms with van der Waals surface area (Å²) in [5.41, 5.74) is 2.12. The standard InChI is InChI=1S/C22H29N3O2/c1-2-24-13-15-25(16-14-24)18-19-8-10-20(11-9-19)23-22(26)12-17-27-21-6-4-3-5-7-21/h3-11H,2,12-18H2,1H3,(H,23,26). The highest BCUT2D eigenvalue weighted by Crippen LogP contribution is 2.14. The molecule has 0 saturated carbocycles. The first kappa shape index (κ1) is 19.4. The summed E-state index contributed by atoms with van der Waals surface area (Å²) in [4.78, 5) is 17.0. The number of carbonyl (C=O) groups excluding carboxylic acids is 1. The van der Waals surface area contributed by atoms with E-state index in [0.29, 0.717) is 13.0 Å². The molecule has 5 heteroatoms. The highest BCUT2D eigenvalue weighted by atomic mass is 16.5. The summed E-state index contributed by atoms with van der Waals surface area (Å²) < 4.78 is 5.56. The normalized spacial score (nSPS) is 15.4. The van der Waals surface area contributed by atoms with Crippen molar-refractivity contribution in [3.8, 4) is 5.75 Å². The molecule has 0 unspecified atom stereocenters. The first-order valence-corrected chi connectivity index (χ1v) is 9.74. The van der Waals surface area contributed by atoms with E-state index in [4.69, 9.17) is 4.74 Å². The van der Waals surface area contributed by atoms with Crippen LogP contribution in [0.15, 0.2) is 54.6 Å². The fourth-order valence-corrected chi connectivity index (χ4v) is 3.22. The average Bonchev–Trinajstić information content (AvgIpc) is 2.71. The van der Waals surface area contributed by atoms with Crippen LogP contribution < -0.4 is 10.1 Å². The Kier molecular flexibility index (Phi) is 7.25. The van der Waals surface area contributed by atoms with Crippen LogP contribution in [-0.4, -0.2) is 55.0 Å². The summed E-state index contributed by atoms with van der Waals surface area (Å²) >= 11 is 0. The Labute approximate surface area is 161 Å². The van der Waals surface area contributed by atoms with Gasteiger partial charge in [0.1, 0.15) is 5.75 Å². The van der Waals surface area contributed by atoms with E-state index in [0.717, 1.165) is 50.7 Å². The van der Waals surface area contributed by atoms with Crippen LogP contribution in [0.1, 0.15) is 18.9 Å². The van der Waals surface area contributed by atoms with Gasteiger partial charge in [0.2, 0.25) is 5.91 Å². The van der Waals surface area contributed by atoms with E-state index in [1.807, 2.05) is 42.5 Å². The number of hydrogen-bond donors (Lipinski definition) is 1. The lowest BCUT2D eigenvalue weighted by atomic mass is 10.1. The number of anilines is 1. The minimum atomic E-state index is -0.0330. The van der Waals surface area contributed by atoms with Crippen LogP contribution in [0.4, 0.5) is 5.69 Å². The van der Waals surface area contributed by atoms with Gasteiger partial charge in [0, 0.05) is 38.4 Å². The maximum atomic E-state index is 12.1. The predicted molar refractivity (Wildman–Crippen MR) is 109 cm³/mol. The summed E-state index contributed by atoms with van der Waals surface area (Å²) in [7, 11) is 0. The van der Waals surface area contributed by atoms with Crippen molar-refractivity contribution in [2.24, 2.45) is 0 Å². The fourth-order valence-electron chi connectivity index (χ4n) is 3.22. The van der Waals surface area contributed by atoms with Crippen molar-refractivity contribution >= 4 is 11.6 Å². The highest BCUT2D eigenvalue weighted by Gasteiger charge is 2.15. The first-order chi connectivity index (χ1) is 13.2. The molecule has 5 nitrogen and oxygen atoms in total. The summed E-state index contributed by atoms with van der Waals surface area (Å²) in [6.07, 6.45) is 0.332. The van der Waals surface area contributed by atoms with Crippen molar-refractivity contribution in [2.75, 3.05) is 44.6 Å². The van der Waals surface area contributed by atoms with Crippen molar-refractivity contribution in [1.29, 1.82) is 0 Å². The Hall–Kier alpha value is -2.37. The van der Waals surface area contributed by atoms with E-state index in [1.165, 1.54) is 5.56 Å². The van der Waals surface area contributed by atoms with Crippen molar-refractivity contribution in [3.63, 3.8) is 0 Å². The molecule has 1 amide bonds. The lowest BCUT2D eigenvalue weighted by molar-refractivity contribution is -0.116. The molecule has 0 aliphatic carbocycles. The van der Waals surface area contributed by atoms with E-state index >= 15 is 0 Å². The molecule has 2 aromatic rings. The number of nitrogens with one attached hydrogen (secondary N) is 1. The van der Waals surface area contributed by atoms with Gasteiger partial charge in [-0.25, -0.2) is 0 Å². The van der Waals surface area contributed by atoms with Gasteiger partial charge in [-0.05, 0) is 36.4 Å². The largest absolute Gasteiger partial charge is 0.493 e. The molecule has 1 heterocycles. The number of rotatable bonds is 8. The molecule has 3 rings (SSSR count). The number of amides is 1. The Morgan fingerprint density at radius 1 is 0.963 bits per heavy atom. The molecule has 1 aliphatic heterocycles. The molecule has 1 fully saturated rings. The Morgan fingerprint density at radius 2 is 1.63 bits per heavy atom. The Balaban J connectivity index is 1.39. The van der Waals surface area contributed by atoms with Crippen molar-refractivity contribution < 1.29 is 9.53 Å². The number of ether oxygens (including phenoxy) is 1. The number of likely N-dealkylation sites (N-methyl/N-ethyl adjacent to an activating group) is 1. The summed E-state index contributed by atoms with van der Waals surface area (Å²) in [6.45, 7) is 9.23. The van der Waals surface area contributed by atoms with Crippen LogP contribution in [0, 0.1) is 0 Å². The van der Waals surface area contributed by atoms with E-state index in [-0.39, 0.29) is 5.91 Å². The van der Waals surface area contributed by atoms with Crippen LogP contribution >= 0.6 is 0 Å². The molecule has 2 aromatic carbocycles. The third-order valence-electron chi connectivity index (χ3n) is 4.90. The van der Waals surface area contributed by atoms with E-state index in [1.54, 1.807) is 0 Å². The molecule has 1 N–H and O–H groups in total. The minimum Gasteiger partial charge on any atom is -0.493 e. The number of hydrogen-bond acceptors (Lipinski definition) is 4. The highest BCUT2D eigenvalue weighted by molar-refractivity contribution is 5.90. The van der Waals surface area contributed by atoms with Gasteiger partial charge in [0.15, 0.2) is 0 Å². The lowest BCUT2D eigenvalue weighted by Gasteiger charge is -2.34. The van der Waals surface area contributed by atoms with Gasteiger partial charge >= 0.3 is 0 Å². The average molecular weight is 367 g/mol. The van der Waals surface area contributed by atoms with Gasteiger partial charge < -0.3 is 15.0 Å². The third-order valence-corrected chi connectivity index (χ3v) is 4.90. The Bertz CT molecular complexity index is 695. The summed E-state index contributed by atoms with van der Waals surface area (Å²) in [5.74, 6) is 0.754. The summed E-state index contributed by atoms with van der Waals surface area (Å²) in [6, 6.07) is 17.7. The molecular formula is C22H29N3O2. The van der Waals surface area contributed by atoms with Gasteiger partial charge in [-0.3, -0.25) is 9.69 Å². The molecule has 27 heavy (non-hydrogen) atoms. The maximum absolute atomic E-state index is 12.1. The van der Waals surface area contributed by atoms with Gasteiger partial charge in [-0.15, -0.1) is 0 Å². The topological polar surface area (TPSA) is 44.8 Å². The van der Waals surface area contributed by atoms with E-state index < -0.39 is 0 Å². The van der Waals surface area contributed by atoms with Crippen LogP contribution in [-0.2, 0) is 11.3 Å². The van der Waals surface area contributed by atoms with Crippen LogP contribution in [0.3, 0.4) is 0 Å². The molecule has 1 saturated heterocycles. The fraction of sp³-hybridized carbons (Fsp3) is 0.409. The molecule has 0 atom stereocenters. The molecule has 0 spiro atoms. The summed E-state index contributed by atoms with van der Waals surface area (Å²) in [5, 5.41) is 2.93. The van der Waals surface area contributed by atoms with Gasteiger partial charge in [0.05, 0.1) is 13.0 Å². The van der Waals surface area contributed by atoms with Crippen molar-refractivity contribution in [3.05, 3.63) is 60.2 Å². The number of nitrogens with zero attached hydrogens (tertiary/aromatic N) is 2. The molecular weight excluding hydrogens is 338 g/mol. The zero-order valence-electron chi connectivity index (χ0n) is 16.1. The second-order valence-electron chi connectivity index (χ2n) is 6.87. The zero-order valence-corrected chi connectivity index (χ0v) is 16.1. The minimum absolute atomic E-state index is 0.0330. The van der Waals surface area contributed by atoms with Crippen LogP contribution in [0.25, 0.3) is 0 Å². The van der Waals surface area contributed by atoms with Crippen LogP contribution in [0.5, 0.6) is 5.75 Å². The third kappa shape index (κ3) is 6.38.